The molecule has 0 saturated heterocycles. The lowest BCUT2D eigenvalue weighted by atomic mass is 9.94. The predicted octanol–water partition coefficient (Wildman–Crippen LogP) is 1.57. The number of nitrogens with two attached hydrogens (primary N) is 1. The zero-order valence-corrected chi connectivity index (χ0v) is 12.0. The zero-order chi connectivity index (χ0) is 14.8. The summed E-state index contributed by atoms with van der Waals surface area (Å²) in [7, 11) is -2.76. The Balaban J connectivity index is 3.14. The molecule has 108 valence electrons. The minimum atomic E-state index is -4.07. The Morgan fingerprint density at radius 3 is 2.42 bits per heavy atom. The second kappa shape index (κ2) is 5.52. The summed E-state index contributed by atoms with van der Waals surface area (Å²) in [6.07, 6.45) is 0. The third kappa shape index (κ3) is 3.49. The Labute approximate surface area is 112 Å². The van der Waals surface area contributed by atoms with Gasteiger partial charge >= 0.3 is 0 Å². The van der Waals surface area contributed by atoms with E-state index in [1.54, 1.807) is 13.8 Å². The average molecular weight is 292 g/mol. The van der Waals surface area contributed by atoms with Gasteiger partial charge in [0.15, 0.2) is 11.6 Å². The Bertz CT molecular complexity index is 559. The number of sulfonamides is 1. The summed E-state index contributed by atoms with van der Waals surface area (Å²) in [5, 5.41) is 0. The van der Waals surface area contributed by atoms with Gasteiger partial charge in [0, 0.05) is 13.6 Å². The van der Waals surface area contributed by atoms with Crippen LogP contribution in [0.15, 0.2) is 23.1 Å². The SMILES string of the molecule is CN(CC(C)(C)CN)S(=O)(=O)c1cccc(F)c1F. The number of benzene rings is 1. The van der Waals surface area contributed by atoms with Crippen molar-refractivity contribution in [1.82, 2.24) is 4.31 Å². The summed E-state index contributed by atoms with van der Waals surface area (Å²) in [6, 6.07) is 3.07. The molecule has 0 unspecified atom stereocenters. The number of rotatable bonds is 5. The number of nitrogens with zero attached hydrogens (tertiary/aromatic N) is 1. The second-order valence-electron chi connectivity index (χ2n) is 5.18. The molecule has 0 fully saturated rings. The molecule has 0 aliphatic heterocycles. The first-order valence-electron chi connectivity index (χ1n) is 5.72. The first kappa shape index (κ1) is 16.0. The van der Waals surface area contributed by atoms with E-state index in [1.165, 1.54) is 7.05 Å². The molecule has 0 aromatic heterocycles. The molecule has 0 saturated carbocycles. The monoisotopic (exact) mass is 292 g/mol. The Hall–Kier alpha value is -1.05. The molecule has 1 rings (SSSR count). The topological polar surface area (TPSA) is 63.4 Å². The first-order valence-corrected chi connectivity index (χ1v) is 7.16. The van der Waals surface area contributed by atoms with E-state index in [1.807, 2.05) is 0 Å². The lowest BCUT2D eigenvalue weighted by molar-refractivity contribution is 0.291. The van der Waals surface area contributed by atoms with E-state index >= 15 is 0 Å². The van der Waals surface area contributed by atoms with Crippen molar-refractivity contribution in [2.24, 2.45) is 11.1 Å². The van der Waals surface area contributed by atoms with E-state index < -0.39 is 32.0 Å². The highest BCUT2D eigenvalue weighted by atomic mass is 32.2. The number of halogens is 2. The van der Waals surface area contributed by atoms with Crippen molar-refractivity contribution >= 4 is 10.0 Å². The summed E-state index contributed by atoms with van der Waals surface area (Å²) in [5.74, 6) is -2.55. The Morgan fingerprint density at radius 1 is 1.32 bits per heavy atom. The zero-order valence-electron chi connectivity index (χ0n) is 11.2. The maximum atomic E-state index is 13.6. The van der Waals surface area contributed by atoms with Gasteiger partial charge in [-0.3, -0.25) is 0 Å². The molecule has 2 N–H and O–H groups in total. The summed E-state index contributed by atoms with van der Waals surface area (Å²) in [5.41, 5.74) is 5.08. The average Bonchev–Trinajstić information content (AvgIpc) is 2.31. The van der Waals surface area contributed by atoms with E-state index in [0.717, 1.165) is 22.5 Å². The molecule has 0 radical (unpaired) electrons. The first-order chi connectivity index (χ1) is 8.62. The van der Waals surface area contributed by atoms with Gasteiger partial charge in [0.2, 0.25) is 10.0 Å². The minimum absolute atomic E-state index is 0.113. The lowest BCUT2D eigenvalue weighted by Crippen LogP contribution is -2.40. The summed E-state index contributed by atoms with van der Waals surface area (Å²) >= 11 is 0. The van der Waals surface area contributed by atoms with Gasteiger partial charge in [-0.15, -0.1) is 0 Å². The molecule has 1 aromatic carbocycles. The molecule has 19 heavy (non-hydrogen) atoms. The van der Waals surface area contributed by atoms with Crippen LogP contribution >= 0.6 is 0 Å². The maximum absolute atomic E-state index is 13.6. The molecule has 0 aliphatic rings. The summed E-state index contributed by atoms with van der Waals surface area (Å²) in [4.78, 5) is -0.664. The third-order valence-electron chi connectivity index (χ3n) is 2.81. The Morgan fingerprint density at radius 2 is 1.89 bits per heavy atom. The van der Waals surface area contributed by atoms with Gasteiger partial charge < -0.3 is 5.73 Å². The quantitative estimate of drug-likeness (QED) is 0.896. The summed E-state index contributed by atoms with van der Waals surface area (Å²) in [6.45, 7) is 3.97. The molecular formula is C12H18F2N2O2S. The van der Waals surface area contributed by atoms with Gasteiger partial charge in [0.25, 0.3) is 0 Å². The van der Waals surface area contributed by atoms with Crippen molar-refractivity contribution in [2.45, 2.75) is 18.7 Å². The molecule has 0 amide bonds. The van der Waals surface area contributed by atoms with E-state index in [2.05, 4.69) is 0 Å². The van der Waals surface area contributed by atoms with Crippen molar-refractivity contribution < 1.29 is 17.2 Å². The van der Waals surface area contributed by atoms with Crippen LogP contribution in [0.1, 0.15) is 13.8 Å². The molecule has 0 heterocycles. The van der Waals surface area contributed by atoms with Crippen molar-refractivity contribution in [3.05, 3.63) is 29.8 Å². The normalized spacial score (nSPS) is 13.0. The fourth-order valence-corrected chi connectivity index (χ4v) is 3.03. The minimum Gasteiger partial charge on any atom is -0.330 e. The summed E-state index contributed by atoms with van der Waals surface area (Å²) < 4.78 is 52.0. The molecule has 0 spiro atoms. The molecule has 0 aliphatic carbocycles. The smallest absolute Gasteiger partial charge is 0.245 e. The predicted molar refractivity (Wildman–Crippen MR) is 69.0 cm³/mol. The second-order valence-corrected chi connectivity index (χ2v) is 7.19. The van der Waals surface area contributed by atoms with Crippen LogP contribution in [0, 0.1) is 17.0 Å². The van der Waals surface area contributed by atoms with Crippen LogP contribution in [-0.2, 0) is 10.0 Å². The van der Waals surface area contributed by atoms with Crippen LogP contribution in [0.25, 0.3) is 0 Å². The van der Waals surface area contributed by atoms with Crippen molar-refractivity contribution in [3.8, 4) is 0 Å². The van der Waals surface area contributed by atoms with Gasteiger partial charge in [-0.1, -0.05) is 19.9 Å². The van der Waals surface area contributed by atoms with Crippen LogP contribution in [0.5, 0.6) is 0 Å². The lowest BCUT2D eigenvalue weighted by Gasteiger charge is -2.28. The van der Waals surface area contributed by atoms with Crippen LogP contribution < -0.4 is 5.73 Å². The molecular weight excluding hydrogens is 274 g/mol. The highest BCUT2D eigenvalue weighted by molar-refractivity contribution is 7.89. The number of hydrogen-bond donors (Lipinski definition) is 1. The van der Waals surface area contributed by atoms with Gasteiger partial charge in [-0.2, -0.15) is 0 Å². The van der Waals surface area contributed by atoms with Crippen LogP contribution in [0.4, 0.5) is 8.78 Å². The third-order valence-corrected chi connectivity index (χ3v) is 4.63. The van der Waals surface area contributed by atoms with E-state index in [-0.39, 0.29) is 13.1 Å². The molecule has 1 aromatic rings. The van der Waals surface area contributed by atoms with Gasteiger partial charge in [-0.05, 0) is 24.1 Å². The Kier molecular flexibility index (Phi) is 4.65. The van der Waals surface area contributed by atoms with Crippen LogP contribution in [0.2, 0.25) is 0 Å². The molecule has 7 heteroatoms. The van der Waals surface area contributed by atoms with Crippen molar-refractivity contribution in [1.29, 1.82) is 0 Å². The van der Waals surface area contributed by atoms with Gasteiger partial charge in [0.1, 0.15) is 4.90 Å². The van der Waals surface area contributed by atoms with E-state index in [9.17, 15) is 17.2 Å². The van der Waals surface area contributed by atoms with Crippen molar-refractivity contribution in [3.63, 3.8) is 0 Å². The fourth-order valence-electron chi connectivity index (χ4n) is 1.60. The largest absolute Gasteiger partial charge is 0.330 e. The van der Waals surface area contributed by atoms with Crippen molar-refractivity contribution in [2.75, 3.05) is 20.1 Å². The molecule has 0 bridgehead atoms. The van der Waals surface area contributed by atoms with Gasteiger partial charge in [0.05, 0.1) is 0 Å². The maximum Gasteiger partial charge on any atom is 0.245 e. The molecule has 0 atom stereocenters. The van der Waals surface area contributed by atoms with E-state index in [0.29, 0.717) is 0 Å². The standard InChI is InChI=1S/C12H18F2N2O2S/c1-12(2,7-15)8-16(3)19(17,18)10-6-4-5-9(13)11(10)14/h4-6H,7-8,15H2,1-3H3. The van der Waals surface area contributed by atoms with Crippen LogP contribution in [-0.4, -0.2) is 32.9 Å². The fraction of sp³-hybridized carbons (Fsp3) is 0.500. The molecule has 4 nitrogen and oxygen atoms in total. The van der Waals surface area contributed by atoms with E-state index in [4.69, 9.17) is 5.73 Å². The van der Waals surface area contributed by atoms with Gasteiger partial charge in [-0.25, -0.2) is 21.5 Å². The highest BCUT2D eigenvalue weighted by Gasteiger charge is 2.30. The number of hydrogen-bond acceptors (Lipinski definition) is 3. The van der Waals surface area contributed by atoms with Crippen LogP contribution in [0.3, 0.4) is 0 Å². The highest BCUT2D eigenvalue weighted by Crippen LogP contribution is 2.23.